The first kappa shape index (κ1) is 14.1. The Morgan fingerprint density at radius 3 is 2.90 bits per heavy atom. The van der Waals surface area contributed by atoms with Crippen molar-refractivity contribution >= 4 is 23.3 Å². The molecule has 0 aliphatic rings. The smallest absolute Gasteiger partial charge is 0.251 e. The van der Waals surface area contributed by atoms with Crippen LogP contribution < -0.4 is 15.8 Å². The average molecular weight is 292 g/mol. The molecule has 2 rings (SSSR count). The molecule has 2 aromatic rings. The zero-order chi connectivity index (χ0) is 14.5. The van der Waals surface area contributed by atoms with Gasteiger partial charge in [-0.1, -0.05) is 23.7 Å². The predicted molar refractivity (Wildman–Crippen MR) is 77.8 cm³/mol. The van der Waals surface area contributed by atoms with E-state index in [0.717, 1.165) is 11.3 Å². The first-order chi connectivity index (χ1) is 9.58. The molecule has 0 aliphatic carbocycles. The standard InChI is InChI=1S/C14H14ClN3O2/c1-20-11-4-2-3-9(5-11)8-17-14(19)10-6-12(15)18-13(16)7-10/h2-7H,8H2,1H3,(H2,16,18)(H,17,19). The highest BCUT2D eigenvalue weighted by atomic mass is 35.5. The minimum Gasteiger partial charge on any atom is -0.497 e. The summed E-state index contributed by atoms with van der Waals surface area (Å²) < 4.78 is 5.12. The fraction of sp³-hybridized carbons (Fsp3) is 0.143. The van der Waals surface area contributed by atoms with Crippen molar-refractivity contribution in [2.75, 3.05) is 12.8 Å². The van der Waals surface area contributed by atoms with Gasteiger partial charge >= 0.3 is 0 Å². The van der Waals surface area contributed by atoms with Crippen LogP contribution in [0.1, 0.15) is 15.9 Å². The lowest BCUT2D eigenvalue weighted by Gasteiger charge is -2.07. The summed E-state index contributed by atoms with van der Waals surface area (Å²) in [5, 5.41) is 2.98. The van der Waals surface area contributed by atoms with Gasteiger partial charge in [-0.3, -0.25) is 4.79 Å². The summed E-state index contributed by atoms with van der Waals surface area (Å²) >= 11 is 5.76. The molecule has 1 aromatic heterocycles. The molecular formula is C14H14ClN3O2. The molecule has 0 radical (unpaired) electrons. The van der Waals surface area contributed by atoms with Crippen LogP contribution in [0, 0.1) is 0 Å². The Hall–Kier alpha value is -2.27. The second kappa shape index (κ2) is 6.25. The number of amides is 1. The van der Waals surface area contributed by atoms with Gasteiger partial charge in [0, 0.05) is 12.1 Å². The quantitative estimate of drug-likeness (QED) is 0.847. The monoisotopic (exact) mass is 291 g/mol. The van der Waals surface area contributed by atoms with E-state index in [-0.39, 0.29) is 16.9 Å². The second-order valence-electron chi connectivity index (χ2n) is 4.14. The lowest BCUT2D eigenvalue weighted by atomic mass is 10.2. The molecule has 0 atom stereocenters. The molecule has 0 unspecified atom stereocenters. The van der Waals surface area contributed by atoms with E-state index in [1.165, 1.54) is 12.1 Å². The molecule has 104 valence electrons. The molecule has 0 spiro atoms. The van der Waals surface area contributed by atoms with Crippen LogP contribution in [-0.2, 0) is 6.54 Å². The maximum Gasteiger partial charge on any atom is 0.251 e. The number of nitrogens with one attached hydrogen (secondary N) is 1. The van der Waals surface area contributed by atoms with Crippen molar-refractivity contribution in [3.63, 3.8) is 0 Å². The fourth-order valence-electron chi connectivity index (χ4n) is 1.72. The van der Waals surface area contributed by atoms with Crippen molar-refractivity contribution in [3.05, 3.63) is 52.7 Å². The molecule has 1 amide bonds. The molecule has 5 nitrogen and oxygen atoms in total. The van der Waals surface area contributed by atoms with Crippen molar-refractivity contribution < 1.29 is 9.53 Å². The molecule has 0 saturated heterocycles. The first-order valence-electron chi connectivity index (χ1n) is 5.92. The van der Waals surface area contributed by atoms with E-state index in [1.54, 1.807) is 7.11 Å². The van der Waals surface area contributed by atoms with Gasteiger partial charge in [0.1, 0.15) is 16.7 Å². The van der Waals surface area contributed by atoms with Crippen LogP contribution >= 0.6 is 11.6 Å². The zero-order valence-electron chi connectivity index (χ0n) is 10.9. The summed E-state index contributed by atoms with van der Waals surface area (Å²) in [6, 6.07) is 10.4. The molecule has 20 heavy (non-hydrogen) atoms. The maximum atomic E-state index is 12.0. The third kappa shape index (κ3) is 3.61. The third-order valence-electron chi connectivity index (χ3n) is 2.66. The number of aromatic nitrogens is 1. The van der Waals surface area contributed by atoms with E-state index in [2.05, 4.69) is 10.3 Å². The summed E-state index contributed by atoms with van der Waals surface area (Å²) in [6.45, 7) is 0.385. The number of ether oxygens (including phenoxy) is 1. The van der Waals surface area contributed by atoms with Crippen LogP contribution in [0.4, 0.5) is 5.82 Å². The number of hydrogen-bond donors (Lipinski definition) is 2. The van der Waals surface area contributed by atoms with Crippen LogP contribution in [0.3, 0.4) is 0 Å². The summed E-state index contributed by atoms with van der Waals surface area (Å²) in [7, 11) is 1.60. The number of nitrogen functional groups attached to an aromatic ring is 1. The van der Waals surface area contributed by atoms with Gasteiger partial charge in [0.2, 0.25) is 0 Å². The van der Waals surface area contributed by atoms with E-state index < -0.39 is 0 Å². The Morgan fingerprint density at radius 1 is 1.40 bits per heavy atom. The summed E-state index contributed by atoms with van der Waals surface area (Å²) in [5.74, 6) is 0.695. The summed E-state index contributed by atoms with van der Waals surface area (Å²) in [4.78, 5) is 15.8. The number of benzene rings is 1. The molecule has 0 bridgehead atoms. The molecule has 0 aliphatic heterocycles. The third-order valence-corrected chi connectivity index (χ3v) is 2.86. The number of methoxy groups -OCH3 is 1. The number of hydrogen-bond acceptors (Lipinski definition) is 4. The van der Waals surface area contributed by atoms with Gasteiger partial charge in [0.15, 0.2) is 0 Å². The molecule has 0 saturated carbocycles. The summed E-state index contributed by atoms with van der Waals surface area (Å²) in [5.41, 5.74) is 6.87. The van der Waals surface area contributed by atoms with E-state index in [1.807, 2.05) is 24.3 Å². The lowest BCUT2D eigenvalue weighted by molar-refractivity contribution is 0.0951. The number of halogens is 1. The van der Waals surface area contributed by atoms with Gasteiger partial charge in [0.05, 0.1) is 7.11 Å². The van der Waals surface area contributed by atoms with Crippen LogP contribution in [0.15, 0.2) is 36.4 Å². The van der Waals surface area contributed by atoms with Gasteiger partial charge in [0.25, 0.3) is 5.91 Å². The van der Waals surface area contributed by atoms with Crippen molar-refractivity contribution in [3.8, 4) is 5.75 Å². The number of pyridine rings is 1. The van der Waals surface area contributed by atoms with E-state index in [4.69, 9.17) is 22.1 Å². The first-order valence-corrected chi connectivity index (χ1v) is 6.30. The number of anilines is 1. The van der Waals surface area contributed by atoms with E-state index in [0.29, 0.717) is 12.1 Å². The van der Waals surface area contributed by atoms with Gasteiger partial charge in [-0.15, -0.1) is 0 Å². The minimum atomic E-state index is -0.260. The molecule has 1 aromatic carbocycles. The highest BCUT2D eigenvalue weighted by Crippen LogP contribution is 2.14. The Labute approximate surface area is 121 Å². The number of carbonyl (C=O) groups excluding carboxylic acids is 1. The molecular weight excluding hydrogens is 278 g/mol. The van der Waals surface area contributed by atoms with E-state index in [9.17, 15) is 4.79 Å². The van der Waals surface area contributed by atoms with Crippen molar-refractivity contribution in [2.24, 2.45) is 0 Å². The lowest BCUT2D eigenvalue weighted by Crippen LogP contribution is -2.23. The Morgan fingerprint density at radius 2 is 2.20 bits per heavy atom. The topological polar surface area (TPSA) is 77.2 Å². The van der Waals surface area contributed by atoms with Crippen LogP contribution in [-0.4, -0.2) is 18.0 Å². The largest absolute Gasteiger partial charge is 0.497 e. The predicted octanol–water partition coefficient (Wildman–Crippen LogP) is 2.26. The zero-order valence-corrected chi connectivity index (χ0v) is 11.6. The number of nitrogens with two attached hydrogens (primary N) is 1. The fourth-order valence-corrected chi connectivity index (χ4v) is 1.93. The minimum absolute atomic E-state index is 0.191. The van der Waals surface area contributed by atoms with E-state index >= 15 is 0 Å². The highest BCUT2D eigenvalue weighted by molar-refractivity contribution is 6.29. The maximum absolute atomic E-state index is 12.0. The second-order valence-corrected chi connectivity index (χ2v) is 4.52. The highest BCUT2D eigenvalue weighted by Gasteiger charge is 2.08. The normalized spacial score (nSPS) is 10.1. The molecule has 0 fully saturated rings. The average Bonchev–Trinajstić information content (AvgIpc) is 2.44. The number of nitrogens with zero attached hydrogens (tertiary/aromatic N) is 1. The number of carbonyl (C=O) groups is 1. The van der Waals surface area contributed by atoms with Crippen molar-refractivity contribution in [2.45, 2.75) is 6.54 Å². The Bertz CT molecular complexity index is 611. The van der Waals surface area contributed by atoms with Gasteiger partial charge in [-0.2, -0.15) is 0 Å². The van der Waals surface area contributed by atoms with Gasteiger partial charge in [-0.25, -0.2) is 4.98 Å². The Balaban J connectivity index is 2.04. The van der Waals surface area contributed by atoms with Crippen LogP contribution in [0.2, 0.25) is 5.15 Å². The van der Waals surface area contributed by atoms with Gasteiger partial charge in [-0.05, 0) is 29.8 Å². The molecule has 1 heterocycles. The Kier molecular flexibility index (Phi) is 4.42. The van der Waals surface area contributed by atoms with Crippen molar-refractivity contribution in [1.82, 2.24) is 10.3 Å². The summed E-state index contributed by atoms with van der Waals surface area (Å²) in [6.07, 6.45) is 0. The SMILES string of the molecule is COc1cccc(CNC(=O)c2cc(N)nc(Cl)c2)c1. The molecule has 6 heteroatoms. The van der Waals surface area contributed by atoms with Crippen LogP contribution in [0.25, 0.3) is 0 Å². The van der Waals surface area contributed by atoms with Crippen LogP contribution in [0.5, 0.6) is 5.75 Å². The number of rotatable bonds is 4. The van der Waals surface area contributed by atoms with Crippen molar-refractivity contribution in [1.29, 1.82) is 0 Å². The van der Waals surface area contributed by atoms with Gasteiger partial charge < -0.3 is 15.8 Å². The molecule has 3 N–H and O–H groups in total.